The number of carbonyl (C=O) groups is 4. The molecule has 0 bridgehead atoms. The number of nitrogens with one attached hydrogen (secondary N) is 1. The summed E-state index contributed by atoms with van der Waals surface area (Å²) in [6, 6.07) is 7.45. The fourth-order valence-electron chi connectivity index (χ4n) is 3.34. The van der Waals surface area contributed by atoms with E-state index in [-0.39, 0.29) is 39.3 Å². The number of carbonyl (C=O) groups excluding carboxylic acids is 4. The number of allylic oxidation sites excluding steroid dienone is 1. The summed E-state index contributed by atoms with van der Waals surface area (Å²) < 4.78 is 10.1. The summed E-state index contributed by atoms with van der Waals surface area (Å²) in [6.45, 7) is 4.94. The van der Waals surface area contributed by atoms with E-state index in [1.165, 1.54) is 37.5 Å². The van der Waals surface area contributed by atoms with Crippen molar-refractivity contribution in [1.29, 1.82) is 0 Å². The average Bonchev–Trinajstić information content (AvgIpc) is 3.09. The molecule has 1 aliphatic heterocycles. The van der Waals surface area contributed by atoms with E-state index in [2.05, 4.69) is 11.9 Å². The van der Waals surface area contributed by atoms with E-state index in [1.807, 2.05) is 0 Å². The molecule has 1 fully saturated rings. The molecule has 9 nitrogen and oxygen atoms in total. The van der Waals surface area contributed by atoms with E-state index >= 15 is 0 Å². The highest BCUT2D eigenvalue weighted by Gasteiger charge is 2.36. The standard InChI is InChI=1S/C25H23ClN2O7S/c1-4-6-15-9-14(10-19(34-3)22(15)30)11-20-23(31)28(25(33)36-20)13-21(29)27-16-7-8-18(26)17(12-16)24(32)35-5-2/h4,7-12,30H,1,5-6,13H2,2-3H3,(H,27,29)/b20-11-. The lowest BCUT2D eigenvalue weighted by Gasteiger charge is -2.13. The molecule has 3 rings (SSSR count). The minimum atomic E-state index is -0.643. The number of rotatable bonds is 9. The monoisotopic (exact) mass is 530 g/mol. The minimum Gasteiger partial charge on any atom is -0.504 e. The van der Waals surface area contributed by atoms with Crippen LogP contribution in [0, 0.1) is 0 Å². The van der Waals surface area contributed by atoms with Gasteiger partial charge < -0.3 is 19.9 Å². The van der Waals surface area contributed by atoms with Gasteiger partial charge in [0.25, 0.3) is 11.1 Å². The highest BCUT2D eigenvalue weighted by Crippen LogP contribution is 2.36. The van der Waals surface area contributed by atoms with Gasteiger partial charge in [0.2, 0.25) is 5.91 Å². The highest BCUT2D eigenvalue weighted by atomic mass is 35.5. The quantitative estimate of drug-likeness (QED) is 0.273. The predicted octanol–water partition coefficient (Wildman–Crippen LogP) is 4.63. The molecule has 36 heavy (non-hydrogen) atoms. The van der Waals surface area contributed by atoms with Crippen molar-refractivity contribution in [1.82, 2.24) is 4.90 Å². The molecule has 11 heteroatoms. The molecule has 0 spiro atoms. The Kier molecular flexibility index (Phi) is 8.78. The first kappa shape index (κ1) is 26.8. The molecular formula is C25H23ClN2O7S. The minimum absolute atomic E-state index is 0.0346. The molecule has 0 saturated carbocycles. The average molecular weight is 531 g/mol. The zero-order chi connectivity index (χ0) is 26.4. The van der Waals surface area contributed by atoms with Crippen LogP contribution in [0.3, 0.4) is 0 Å². The van der Waals surface area contributed by atoms with Crippen molar-refractivity contribution >= 4 is 58.1 Å². The third kappa shape index (κ3) is 6.07. The zero-order valence-electron chi connectivity index (χ0n) is 19.5. The Morgan fingerprint density at radius 3 is 2.67 bits per heavy atom. The third-order valence-corrected chi connectivity index (χ3v) is 6.22. The number of ether oxygens (including phenoxy) is 2. The van der Waals surface area contributed by atoms with Gasteiger partial charge in [-0.15, -0.1) is 6.58 Å². The van der Waals surface area contributed by atoms with Crippen molar-refractivity contribution < 1.29 is 33.8 Å². The number of phenols is 1. The van der Waals surface area contributed by atoms with Crippen molar-refractivity contribution in [2.45, 2.75) is 13.3 Å². The Hall–Kier alpha value is -3.76. The molecule has 0 radical (unpaired) electrons. The summed E-state index contributed by atoms with van der Waals surface area (Å²) in [7, 11) is 1.40. The van der Waals surface area contributed by atoms with Gasteiger partial charge in [-0.3, -0.25) is 19.3 Å². The first-order valence-electron chi connectivity index (χ1n) is 10.7. The van der Waals surface area contributed by atoms with Crippen molar-refractivity contribution in [3.8, 4) is 11.5 Å². The summed E-state index contributed by atoms with van der Waals surface area (Å²) in [6.07, 6.45) is 3.47. The van der Waals surface area contributed by atoms with Gasteiger partial charge in [0.1, 0.15) is 6.54 Å². The van der Waals surface area contributed by atoms with E-state index in [0.717, 1.165) is 4.90 Å². The van der Waals surface area contributed by atoms with Gasteiger partial charge in [0, 0.05) is 11.3 Å². The summed E-state index contributed by atoms with van der Waals surface area (Å²) in [4.78, 5) is 50.8. The van der Waals surface area contributed by atoms with Gasteiger partial charge in [0.15, 0.2) is 11.5 Å². The second-order valence-electron chi connectivity index (χ2n) is 7.45. The normalized spacial score (nSPS) is 14.2. The van der Waals surface area contributed by atoms with E-state index in [1.54, 1.807) is 19.1 Å². The van der Waals surface area contributed by atoms with Crippen molar-refractivity contribution in [2.24, 2.45) is 0 Å². The van der Waals surface area contributed by atoms with E-state index < -0.39 is 29.6 Å². The second-order valence-corrected chi connectivity index (χ2v) is 8.86. The molecule has 188 valence electrons. The lowest BCUT2D eigenvalue weighted by atomic mass is 10.1. The summed E-state index contributed by atoms with van der Waals surface area (Å²) in [5.41, 5.74) is 1.40. The number of amides is 3. The number of thioether (sulfide) groups is 1. The molecule has 1 saturated heterocycles. The van der Waals surface area contributed by atoms with Crippen LogP contribution < -0.4 is 10.1 Å². The first-order valence-corrected chi connectivity index (χ1v) is 11.9. The largest absolute Gasteiger partial charge is 0.504 e. The van der Waals surface area contributed by atoms with Gasteiger partial charge in [-0.2, -0.15) is 0 Å². The number of anilines is 1. The topological polar surface area (TPSA) is 122 Å². The van der Waals surface area contributed by atoms with Crippen LogP contribution in [0.5, 0.6) is 11.5 Å². The fourth-order valence-corrected chi connectivity index (χ4v) is 4.37. The van der Waals surface area contributed by atoms with Crippen LogP contribution >= 0.6 is 23.4 Å². The van der Waals surface area contributed by atoms with Gasteiger partial charge in [0.05, 0.1) is 29.2 Å². The number of nitrogens with zero attached hydrogens (tertiary/aromatic N) is 1. The van der Waals surface area contributed by atoms with Crippen LogP contribution in [-0.2, 0) is 20.7 Å². The molecule has 0 aliphatic carbocycles. The smallest absolute Gasteiger partial charge is 0.339 e. The maximum atomic E-state index is 12.9. The summed E-state index contributed by atoms with van der Waals surface area (Å²) >= 11 is 6.72. The molecule has 2 aromatic carbocycles. The number of benzene rings is 2. The van der Waals surface area contributed by atoms with Crippen LogP contribution in [0.4, 0.5) is 10.5 Å². The Labute approximate surface area is 216 Å². The van der Waals surface area contributed by atoms with Crippen LogP contribution in [0.15, 0.2) is 47.9 Å². The molecule has 1 aliphatic rings. The second kappa shape index (κ2) is 11.8. The Morgan fingerprint density at radius 1 is 1.25 bits per heavy atom. The number of methoxy groups -OCH3 is 1. The van der Waals surface area contributed by atoms with Crippen LogP contribution in [0.25, 0.3) is 6.08 Å². The number of aromatic hydroxyl groups is 1. The van der Waals surface area contributed by atoms with Gasteiger partial charge in [-0.25, -0.2) is 4.79 Å². The number of esters is 1. The zero-order valence-corrected chi connectivity index (χ0v) is 21.1. The number of hydrogen-bond acceptors (Lipinski definition) is 8. The van der Waals surface area contributed by atoms with E-state index in [4.69, 9.17) is 21.1 Å². The molecule has 0 aromatic heterocycles. The van der Waals surface area contributed by atoms with E-state index in [0.29, 0.717) is 29.3 Å². The lowest BCUT2D eigenvalue weighted by molar-refractivity contribution is -0.127. The molecule has 3 amide bonds. The van der Waals surface area contributed by atoms with Gasteiger partial charge in [-0.05, 0) is 67.1 Å². The van der Waals surface area contributed by atoms with Gasteiger partial charge in [-0.1, -0.05) is 17.7 Å². The molecule has 0 atom stereocenters. The summed E-state index contributed by atoms with van der Waals surface area (Å²) in [5.74, 6) is -1.75. The number of hydrogen-bond donors (Lipinski definition) is 2. The highest BCUT2D eigenvalue weighted by molar-refractivity contribution is 8.18. The SMILES string of the molecule is C=CCc1cc(/C=C2\SC(=O)N(CC(=O)Nc3ccc(Cl)c(C(=O)OCC)c3)C2=O)cc(OC)c1O. The Morgan fingerprint density at radius 2 is 2.00 bits per heavy atom. The van der Waals surface area contributed by atoms with Crippen LogP contribution in [0.2, 0.25) is 5.02 Å². The molecule has 1 heterocycles. The Balaban J connectivity index is 1.75. The maximum Gasteiger partial charge on any atom is 0.339 e. The van der Waals surface area contributed by atoms with Crippen LogP contribution in [-0.4, -0.2) is 53.3 Å². The first-order chi connectivity index (χ1) is 17.2. The number of imide groups is 1. The summed E-state index contributed by atoms with van der Waals surface area (Å²) in [5, 5.41) is 12.3. The molecular weight excluding hydrogens is 508 g/mol. The molecule has 2 N–H and O–H groups in total. The van der Waals surface area contributed by atoms with Gasteiger partial charge >= 0.3 is 5.97 Å². The molecule has 0 unspecified atom stereocenters. The van der Waals surface area contributed by atoms with Crippen LogP contribution in [0.1, 0.15) is 28.4 Å². The van der Waals surface area contributed by atoms with Crippen molar-refractivity contribution in [3.63, 3.8) is 0 Å². The molecule has 2 aromatic rings. The predicted molar refractivity (Wildman–Crippen MR) is 137 cm³/mol. The third-order valence-electron chi connectivity index (χ3n) is 4.98. The number of halogens is 1. The lowest BCUT2D eigenvalue weighted by Crippen LogP contribution is -2.36. The van der Waals surface area contributed by atoms with Crippen molar-refractivity contribution in [2.75, 3.05) is 25.6 Å². The number of phenolic OH excluding ortho intramolecular Hbond substituents is 1. The fraction of sp³-hybridized carbons (Fsp3) is 0.200. The maximum absolute atomic E-state index is 12.9. The Bertz CT molecular complexity index is 1280. The van der Waals surface area contributed by atoms with Crippen molar-refractivity contribution in [3.05, 3.63) is 69.6 Å². The van der Waals surface area contributed by atoms with E-state index in [9.17, 15) is 24.3 Å².